The summed E-state index contributed by atoms with van der Waals surface area (Å²) in [5.41, 5.74) is 2.50. The van der Waals surface area contributed by atoms with Crippen LogP contribution in [0.25, 0.3) is 0 Å². The van der Waals surface area contributed by atoms with Gasteiger partial charge in [-0.1, -0.05) is 22.8 Å². The van der Waals surface area contributed by atoms with E-state index in [1.807, 2.05) is 13.8 Å². The predicted octanol–water partition coefficient (Wildman–Crippen LogP) is 3.58. The Bertz CT molecular complexity index is 559. The van der Waals surface area contributed by atoms with Crippen LogP contribution in [0.15, 0.2) is 22.7 Å². The summed E-state index contributed by atoms with van der Waals surface area (Å²) >= 11 is 6.12. The van der Waals surface area contributed by atoms with E-state index in [9.17, 15) is 5.11 Å². The maximum atomic E-state index is 9.47. The summed E-state index contributed by atoms with van der Waals surface area (Å²) in [5, 5.41) is 13.8. The van der Waals surface area contributed by atoms with Crippen molar-refractivity contribution < 1.29 is 14.4 Å². The van der Waals surface area contributed by atoms with Crippen LogP contribution in [-0.4, -0.2) is 10.3 Å². The number of hydrogen-bond acceptors (Lipinski definition) is 4. The zero-order valence-corrected chi connectivity index (χ0v) is 11.9. The molecule has 4 nitrogen and oxygen atoms in total. The first-order valence-electron chi connectivity index (χ1n) is 6.01. The van der Waals surface area contributed by atoms with Gasteiger partial charge in [-0.05, 0) is 38.5 Å². The van der Waals surface area contributed by atoms with Gasteiger partial charge in [0.25, 0.3) is 0 Å². The fraction of sp³-hybridized carbons (Fsp3) is 0.357. The molecule has 0 spiro atoms. The molecule has 1 unspecified atom stereocenters. The van der Waals surface area contributed by atoms with Crippen molar-refractivity contribution in [2.45, 2.75) is 33.5 Å². The Balaban J connectivity index is 2.12. The van der Waals surface area contributed by atoms with Crippen molar-refractivity contribution in [2.24, 2.45) is 0 Å². The number of hydrogen-bond donors (Lipinski definition) is 1. The minimum Gasteiger partial charge on any atom is -0.487 e. The highest BCUT2D eigenvalue weighted by molar-refractivity contribution is 6.32. The molecule has 0 aliphatic rings. The molecule has 0 bridgehead atoms. The van der Waals surface area contributed by atoms with E-state index < -0.39 is 6.10 Å². The van der Waals surface area contributed by atoms with Crippen molar-refractivity contribution in [3.63, 3.8) is 0 Å². The molecular weight excluding hydrogens is 266 g/mol. The van der Waals surface area contributed by atoms with E-state index >= 15 is 0 Å². The molecule has 0 aliphatic carbocycles. The SMILES string of the molecule is Cc1noc(C)c1COc1ccc(C(C)O)cc1Cl. The molecule has 19 heavy (non-hydrogen) atoms. The van der Waals surface area contributed by atoms with E-state index in [2.05, 4.69) is 5.16 Å². The van der Waals surface area contributed by atoms with E-state index in [1.54, 1.807) is 25.1 Å². The zero-order valence-electron chi connectivity index (χ0n) is 11.1. The monoisotopic (exact) mass is 281 g/mol. The number of nitrogens with zero attached hydrogens (tertiary/aromatic N) is 1. The Morgan fingerprint density at radius 2 is 2.16 bits per heavy atom. The Labute approximate surface area is 116 Å². The maximum absolute atomic E-state index is 9.47. The topological polar surface area (TPSA) is 55.5 Å². The van der Waals surface area contributed by atoms with Crippen molar-refractivity contribution in [3.05, 3.63) is 45.8 Å². The number of aliphatic hydroxyl groups is 1. The van der Waals surface area contributed by atoms with Crippen LogP contribution in [-0.2, 0) is 6.61 Å². The van der Waals surface area contributed by atoms with Crippen molar-refractivity contribution in [3.8, 4) is 5.75 Å². The number of ether oxygens (including phenoxy) is 1. The first-order chi connectivity index (χ1) is 8.99. The lowest BCUT2D eigenvalue weighted by Crippen LogP contribution is -1.99. The highest BCUT2D eigenvalue weighted by atomic mass is 35.5. The molecule has 0 aliphatic heterocycles. The van der Waals surface area contributed by atoms with Gasteiger partial charge in [0.1, 0.15) is 18.1 Å². The first-order valence-corrected chi connectivity index (χ1v) is 6.39. The number of aromatic nitrogens is 1. The van der Waals surface area contributed by atoms with Gasteiger partial charge >= 0.3 is 0 Å². The van der Waals surface area contributed by atoms with Crippen molar-refractivity contribution >= 4 is 11.6 Å². The molecule has 1 N–H and O–H groups in total. The van der Waals surface area contributed by atoms with Gasteiger partial charge in [0, 0.05) is 0 Å². The Morgan fingerprint density at radius 1 is 1.42 bits per heavy atom. The highest BCUT2D eigenvalue weighted by Gasteiger charge is 2.11. The van der Waals surface area contributed by atoms with Crippen molar-refractivity contribution in [1.29, 1.82) is 0 Å². The van der Waals surface area contributed by atoms with E-state index in [0.29, 0.717) is 17.4 Å². The van der Waals surface area contributed by atoms with Crippen LogP contribution in [0, 0.1) is 13.8 Å². The van der Waals surface area contributed by atoms with E-state index in [-0.39, 0.29) is 0 Å². The third kappa shape index (κ3) is 3.08. The lowest BCUT2D eigenvalue weighted by Gasteiger charge is -2.10. The first kappa shape index (κ1) is 13.9. The minimum absolute atomic E-state index is 0.356. The van der Waals surface area contributed by atoms with Crippen LogP contribution in [0.1, 0.15) is 35.6 Å². The van der Waals surface area contributed by atoms with Gasteiger partial charge < -0.3 is 14.4 Å². The Morgan fingerprint density at radius 3 is 2.68 bits per heavy atom. The summed E-state index contributed by atoms with van der Waals surface area (Å²) in [4.78, 5) is 0. The number of aryl methyl sites for hydroxylation is 2. The second kappa shape index (κ2) is 5.63. The van der Waals surface area contributed by atoms with Gasteiger partial charge in [0.05, 0.1) is 22.4 Å². The lowest BCUT2D eigenvalue weighted by atomic mass is 10.1. The number of aliphatic hydroxyl groups excluding tert-OH is 1. The second-order valence-corrected chi connectivity index (χ2v) is 4.86. The lowest BCUT2D eigenvalue weighted by molar-refractivity contribution is 0.199. The molecule has 1 aromatic carbocycles. The molecule has 2 aromatic rings. The van der Waals surface area contributed by atoms with Crippen molar-refractivity contribution in [1.82, 2.24) is 5.16 Å². The molecule has 1 aromatic heterocycles. The van der Waals surface area contributed by atoms with Crippen molar-refractivity contribution in [2.75, 3.05) is 0 Å². The summed E-state index contributed by atoms with van der Waals surface area (Å²) in [7, 11) is 0. The summed E-state index contributed by atoms with van der Waals surface area (Å²) in [6, 6.07) is 5.25. The Hall–Kier alpha value is -1.52. The Kier molecular flexibility index (Phi) is 4.12. The smallest absolute Gasteiger partial charge is 0.140 e. The van der Waals surface area contributed by atoms with Crippen LogP contribution < -0.4 is 4.74 Å². The quantitative estimate of drug-likeness (QED) is 0.931. The zero-order chi connectivity index (χ0) is 14.0. The summed E-state index contributed by atoms with van der Waals surface area (Å²) in [6.45, 7) is 5.76. The molecule has 1 heterocycles. The van der Waals surface area contributed by atoms with E-state index in [0.717, 1.165) is 22.6 Å². The number of benzene rings is 1. The molecular formula is C14H16ClNO3. The summed E-state index contributed by atoms with van der Waals surface area (Å²) in [6.07, 6.45) is -0.547. The van der Waals surface area contributed by atoms with Gasteiger partial charge in [-0.15, -0.1) is 0 Å². The van der Waals surface area contributed by atoms with E-state index in [1.165, 1.54) is 0 Å². The van der Waals surface area contributed by atoms with Gasteiger partial charge in [-0.25, -0.2) is 0 Å². The van der Waals surface area contributed by atoms with Crippen LogP contribution in [0.3, 0.4) is 0 Å². The van der Waals surface area contributed by atoms with Crippen LogP contribution in [0.5, 0.6) is 5.75 Å². The summed E-state index contributed by atoms with van der Waals surface area (Å²) in [5.74, 6) is 1.32. The molecule has 0 saturated heterocycles. The maximum Gasteiger partial charge on any atom is 0.140 e. The fourth-order valence-corrected chi connectivity index (χ4v) is 2.00. The minimum atomic E-state index is -0.547. The van der Waals surface area contributed by atoms with Gasteiger partial charge in [-0.3, -0.25) is 0 Å². The largest absolute Gasteiger partial charge is 0.487 e. The average molecular weight is 282 g/mol. The predicted molar refractivity (Wildman–Crippen MR) is 72.4 cm³/mol. The molecule has 2 rings (SSSR count). The fourth-order valence-electron chi connectivity index (χ4n) is 1.75. The molecule has 0 radical (unpaired) electrons. The molecule has 0 saturated carbocycles. The van der Waals surface area contributed by atoms with Gasteiger partial charge in [0.15, 0.2) is 0 Å². The average Bonchev–Trinajstić information content (AvgIpc) is 2.68. The van der Waals surface area contributed by atoms with Gasteiger partial charge in [0.2, 0.25) is 0 Å². The van der Waals surface area contributed by atoms with Crippen LogP contribution in [0.4, 0.5) is 0 Å². The third-order valence-corrected chi connectivity index (χ3v) is 3.29. The van der Waals surface area contributed by atoms with Crippen LogP contribution in [0.2, 0.25) is 5.02 Å². The molecule has 102 valence electrons. The molecule has 1 atom stereocenters. The number of halogens is 1. The number of rotatable bonds is 4. The molecule has 0 amide bonds. The normalized spacial score (nSPS) is 12.5. The standard InChI is InChI=1S/C14H16ClNO3/c1-8-12(10(3)19-16-8)7-18-14-5-4-11(9(2)17)6-13(14)15/h4-6,9,17H,7H2,1-3H3. The summed E-state index contributed by atoms with van der Waals surface area (Å²) < 4.78 is 10.7. The highest BCUT2D eigenvalue weighted by Crippen LogP contribution is 2.29. The molecule has 0 fully saturated rings. The second-order valence-electron chi connectivity index (χ2n) is 4.46. The van der Waals surface area contributed by atoms with E-state index in [4.69, 9.17) is 20.9 Å². The third-order valence-electron chi connectivity index (χ3n) is 2.99. The van der Waals surface area contributed by atoms with Crippen LogP contribution >= 0.6 is 11.6 Å². The molecule has 5 heteroatoms. The van der Waals surface area contributed by atoms with Gasteiger partial charge in [-0.2, -0.15) is 0 Å².